The number of nitrogens with zero attached hydrogens (tertiary/aromatic N) is 2. The highest BCUT2D eigenvalue weighted by Gasteiger charge is 2.19. The molecule has 0 saturated carbocycles. The molecule has 2 atom stereocenters. The first-order valence-electron chi connectivity index (χ1n) is 6.34. The summed E-state index contributed by atoms with van der Waals surface area (Å²) >= 11 is 1.48. The molecule has 0 aliphatic rings. The zero-order chi connectivity index (χ0) is 14.7. The van der Waals surface area contributed by atoms with Gasteiger partial charge >= 0.3 is 0 Å². The third-order valence-corrected chi connectivity index (χ3v) is 4.17. The van der Waals surface area contributed by atoms with Crippen LogP contribution in [-0.4, -0.2) is 16.0 Å². The molecule has 0 saturated heterocycles. The van der Waals surface area contributed by atoms with Crippen molar-refractivity contribution in [2.75, 3.05) is 11.5 Å². The summed E-state index contributed by atoms with van der Waals surface area (Å²) < 4.78 is 0. The van der Waals surface area contributed by atoms with Crippen molar-refractivity contribution in [3.8, 4) is 0 Å². The number of nitrogen functional groups attached to an aromatic ring is 2. The maximum Gasteiger partial charge on any atom is 0.192 e. The van der Waals surface area contributed by atoms with Gasteiger partial charge < -0.3 is 17.2 Å². The van der Waals surface area contributed by atoms with Gasteiger partial charge in [0.15, 0.2) is 5.16 Å². The Balaban J connectivity index is 2.30. The second kappa shape index (κ2) is 6.11. The van der Waals surface area contributed by atoms with E-state index < -0.39 is 0 Å². The molecule has 0 bridgehead atoms. The second-order valence-electron chi connectivity index (χ2n) is 4.81. The van der Waals surface area contributed by atoms with Crippen LogP contribution in [0.15, 0.2) is 35.5 Å². The molecule has 6 heteroatoms. The maximum absolute atomic E-state index is 6.10. The molecule has 1 aromatic carbocycles. The van der Waals surface area contributed by atoms with E-state index in [4.69, 9.17) is 17.2 Å². The van der Waals surface area contributed by atoms with Gasteiger partial charge in [0.2, 0.25) is 0 Å². The van der Waals surface area contributed by atoms with E-state index in [2.05, 4.69) is 35.1 Å². The molecular weight excluding hydrogens is 270 g/mol. The summed E-state index contributed by atoms with van der Waals surface area (Å²) in [6.07, 6.45) is 0. The Kier molecular flexibility index (Phi) is 4.46. The predicted molar refractivity (Wildman–Crippen MR) is 84.3 cm³/mol. The van der Waals surface area contributed by atoms with Gasteiger partial charge in [0.25, 0.3) is 0 Å². The van der Waals surface area contributed by atoms with Gasteiger partial charge in [-0.2, -0.15) is 0 Å². The van der Waals surface area contributed by atoms with Gasteiger partial charge in [-0.05, 0) is 19.4 Å². The zero-order valence-electron chi connectivity index (χ0n) is 11.6. The van der Waals surface area contributed by atoms with Crippen LogP contribution in [0.5, 0.6) is 0 Å². The topological polar surface area (TPSA) is 104 Å². The van der Waals surface area contributed by atoms with Gasteiger partial charge in [-0.25, -0.2) is 9.97 Å². The molecule has 2 unspecified atom stereocenters. The minimum atomic E-state index is -0.0481. The third kappa shape index (κ3) is 3.61. The fourth-order valence-corrected chi connectivity index (χ4v) is 2.99. The Bertz CT molecular complexity index is 580. The van der Waals surface area contributed by atoms with E-state index in [1.807, 2.05) is 13.0 Å². The molecule has 0 radical (unpaired) electrons. The number of rotatable bonds is 4. The summed E-state index contributed by atoms with van der Waals surface area (Å²) in [5, 5.41) is 0.599. The Hall–Kier alpha value is -1.79. The van der Waals surface area contributed by atoms with Gasteiger partial charge in [0, 0.05) is 12.1 Å². The van der Waals surface area contributed by atoms with Crippen LogP contribution >= 0.6 is 11.8 Å². The number of anilines is 2. The molecule has 0 fully saturated rings. The van der Waals surface area contributed by atoms with Crippen molar-refractivity contribution in [1.29, 1.82) is 0 Å². The number of hydrogen-bond donors (Lipinski definition) is 3. The first-order chi connectivity index (χ1) is 9.45. The van der Waals surface area contributed by atoms with Gasteiger partial charge in [0.05, 0.1) is 5.25 Å². The van der Waals surface area contributed by atoms with Crippen LogP contribution < -0.4 is 17.2 Å². The molecule has 0 aliphatic carbocycles. The highest BCUT2D eigenvalue weighted by molar-refractivity contribution is 7.99. The molecule has 2 rings (SSSR count). The minimum Gasteiger partial charge on any atom is -0.383 e. The number of aryl methyl sites for hydroxylation is 1. The van der Waals surface area contributed by atoms with E-state index >= 15 is 0 Å². The summed E-state index contributed by atoms with van der Waals surface area (Å²) in [6.45, 7) is 4.02. The lowest BCUT2D eigenvalue weighted by Crippen LogP contribution is -2.23. The van der Waals surface area contributed by atoms with Crippen molar-refractivity contribution in [2.24, 2.45) is 5.73 Å². The molecule has 1 heterocycles. The van der Waals surface area contributed by atoms with Crippen LogP contribution in [0.3, 0.4) is 0 Å². The molecule has 2 aromatic rings. The highest BCUT2D eigenvalue weighted by atomic mass is 32.2. The lowest BCUT2D eigenvalue weighted by Gasteiger charge is -2.20. The van der Waals surface area contributed by atoms with E-state index in [-0.39, 0.29) is 11.3 Å². The summed E-state index contributed by atoms with van der Waals surface area (Å²) in [6, 6.07) is 9.75. The fraction of sp³-hybridized carbons (Fsp3) is 0.286. The van der Waals surface area contributed by atoms with Crippen molar-refractivity contribution in [3.05, 3.63) is 41.5 Å². The van der Waals surface area contributed by atoms with Crippen LogP contribution in [-0.2, 0) is 0 Å². The zero-order valence-corrected chi connectivity index (χ0v) is 12.4. The summed E-state index contributed by atoms with van der Waals surface area (Å²) in [7, 11) is 0. The van der Waals surface area contributed by atoms with Gasteiger partial charge in [-0.3, -0.25) is 0 Å². The first kappa shape index (κ1) is 14.6. The smallest absolute Gasteiger partial charge is 0.192 e. The normalized spacial score (nSPS) is 13.9. The van der Waals surface area contributed by atoms with Crippen molar-refractivity contribution in [2.45, 2.75) is 30.3 Å². The Morgan fingerprint density at radius 2 is 1.75 bits per heavy atom. The van der Waals surface area contributed by atoms with Crippen molar-refractivity contribution in [3.63, 3.8) is 0 Å². The minimum absolute atomic E-state index is 0.0481. The summed E-state index contributed by atoms with van der Waals surface area (Å²) in [5.74, 6) is 0.736. The molecule has 5 nitrogen and oxygen atoms in total. The Labute approximate surface area is 123 Å². The van der Waals surface area contributed by atoms with E-state index in [1.54, 1.807) is 0 Å². The van der Waals surface area contributed by atoms with Crippen LogP contribution in [0.1, 0.15) is 23.3 Å². The maximum atomic E-state index is 6.10. The van der Waals surface area contributed by atoms with Gasteiger partial charge in [-0.1, -0.05) is 41.6 Å². The van der Waals surface area contributed by atoms with Crippen molar-refractivity contribution < 1.29 is 0 Å². The molecule has 0 spiro atoms. The number of thioether (sulfide) groups is 1. The third-order valence-electron chi connectivity index (χ3n) is 2.83. The lowest BCUT2D eigenvalue weighted by atomic mass is 10.0. The number of benzene rings is 1. The molecule has 0 aliphatic heterocycles. The molecule has 0 amide bonds. The van der Waals surface area contributed by atoms with Gasteiger partial charge in [0.1, 0.15) is 11.6 Å². The lowest BCUT2D eigenvalue weighted by molar-refractivity contribution is 0.717. The number of nitrogens with two attached hydrogens (primary N) is 3. The van der Waals surface area contributed by atoms with Crippen LogP contribution in [0.25, 0.3) is 0 Å². The average molecular weight is 289 g/mol. The van der Waals surface area contributed by atoms with Crippen LogP contribution in [0.2, 0.25) is 0 Å². The second-order valence-corrected chi connectivity index (χ2v) is 5.92. The molecule has 20 heavy (non-hydrogen) atoms. The predicted octanol–water partition coefficient (Wildman–Crippen LogP) is 2.13. The van der Waals surface area contributed by atoms with Crippen molar-refractivity contribution in [1.82, 2.24) is 9.97 Å². The number of hydrogen-bond acceptors (Lipinski definition) is 6. The highest BCUT2D eigenvalue weighted by Crippen LogP contribution is 2.36. The molecule has 6 N–H and O–H groups in total. The fourth-order valence-electron chi connectivity index (χ4n) is 1.95. The Morgan fingerprint density at radius 1 is 1.10 bits per heavy atom. The van der Waals surface area contributed by atoms with Crippen molar-refractivity contribution >= 4 is 23.4 Å². The largest absolute Gasteiger partial charge is 0.383 e. The quantitative estimate of drug-likeness (QED) is 0.588. The van der Waals surface area contributed by atoms with E-state index in [9.17, 15) is 0 Å². The first-order valence-corrected chi connectivity index (χ1v) is 7.22. The SMILES string of the molecule is Cc1cccc(C(Sc2nc(N)cc(N)n2)C(C)N)c1. The molecular formula is C14H19N5S. The van der Waals surface area contributed by atoms with Crippen LogP contribution in [0.4, 0.5) is 11.6 Å². The average Bonchev–Trinajstić information content (AvgIpc) is 2.34. The molecule has 1 aromatic heterocycles. The summed E-state index contributed by atoms with van der Waals surface area (Å²) in [4.78, 5) is 8.40. The van der Waals surface area contributed by atoms with Crippen LogP contribution in [0, 0.1) is 6.92 Å². The van der Waals surface area contributed by atoms with E-state index in [1.165, 1.54) is 23.4 Å². The Morgan fingerprint density at radius 3 is 2.30 bits per heavy atom. The number of aromatic nitrogens is 2. The standard InChI is InChI=1S/C14H19N5S/c1-8-4-3-5-10(6-8)13(9(2)15)20-14-18-11(16)7-12(17)19-14/h3-7,9,13H,15H2,1-2H3,(H4,16,17,18,19). The summed E-state index contributed by atoms with van der Waals surface area (Å²) in [5.41, 5.74) is 19.8. The van der Waals surface area contributed by atoms with E-state index in [0.29, 0.717) is 16.8 Å². The molecule has 106 valence electrons. The monoisotopic (exact) mass is 289 g/mol. The van der Waals surface area contributed by atoms with Gasteiger partial charge in [-0.15, -0.1) is 0 Å². The van der Waals surface area contributed by atoms with E-state index in [0.717, 1.165) is 5.56 Å².